The van der Waals surface area contributed by atoms with Gasteiger partial charge in [-0.3, -0.25) is 0 Å². The number of carbonyl (C=O) groups excluding carboxylic acids is 1. The number of benzene rings is 2. The van der Waals surface area contributed by atoms with E-state index in [-0.39, 0.29) is 12.6 Å². The lowest BCUT2D eigenvalue weighted by Crippen LogP contribution is -2.27. The Morgan fingerprint density at radius 3 is 2.45 bits per heavy atom. The molecule has 0 aliphatic rings. The minimum Gasteiger partial charge on any atom is -0.497 e. The molecule has 4 nitrogen and oxygen atoms in total. The van der Waals surface area contributed by atoms with E-state index in [4.69, 9.17) is 9.47 Å². The van der Waals surface area contributed by atoms with Crippen molar-refractivity contribution in [1.82, 2.24) is 5.32 Å². The van der Waals surface area contributed by atoms with Crippen LogP contribution in [0.2, 0.25) is 0 Å². The molecule has 0 radical (unpaired) electrons. The fourth-order valence-electron chi connectivity index (χ4n) is 1.98. The topological polar surface area (TPSA) is 47.6 Å². The summed E-state index contributed by atoms with van der Waals surface area (Å²) >= 11 is 0. The zero-order chi connectivity index (χ0) is 15.8. The van der Waals surface area contributed by atoms with Crippen LogP contribution >= 0.6 is 0 Å². The predicted molar refractivity (Wildman–Crippen MR) is 85.7 cm³/mol. The lowest BCUT2D eigenvalue weighted by Gasteiger charge is -2.15. The largest absolute Gasteiger partial charge is 0.497 e. The highest BCUT2D eigenvalue weighted by molar-refractivity contribution is 5.68. The van der Waals surface area contributed by atoms with Crippen molar-refractivity contribution in [1.29, 1.82) is 0 Å². The quantitative estimate of drug-likeness (QED) is 0.824. The Kier molecular flexibility index (Phi) is 5.60. The Balaban J connectivity index is 1.91. The van der Waals surface area contributed by atoms with E-state index in [0.717, 1.165) is 16.9 Å². The van der Waals surface area contributed by atoms with E-state index in [0.29, 0.717) is 0 Å². The Morgan fingerprint density at radius 2 is 1.86 bits per heavy atom. The maximum atomic E-state index is 11.9. The molecule has 0 fully saturated rings. The number of rotatable bonds is 6. The van der Waals surface area contributed by atoms with Crippen LogP contribution in [0.4, 0.5) is 4.79 Å². The highest BCUT2D eigenvalue weighted by Crippen LogP contribution is 2.18. The molecule has 114 valence electrons. The van der Waals surface area contributed by atoms with Crippen LogP contribution < -0.4 is 10.1 Å². The summed E-state index contributed by atoms with van der Waals surface area (Å²) in [6.07, 6.45) is 1.18. The summed E-state index contributed by atoms with van der Waals surface area (Å²) in [6, 6.07) is 16.6. The number of carbonyl (C=O) groups is 1. The van der Waals surface area contributed by atoms with Crippen molar-refractivity contribution >= 4 is 6.09 Å². The minimum atomic E-state index is -0.482. The first-order chi connectivity index (χ1) is 10.7. The number of ether oxygens (including phenoxy) is 2. The zero-order valence-corrected chi connectivity index (χ0v) is 12.5. The fourth-order valence-corrected chi connectivity index (χ4v) is 1.98. The van der Waals surface area contributed by atoms with Gasteiger partial charge in [0.1, 0.15) is 12.4 Å². The van der Waals surface area contributed by atoms with Crippen LogP contribution in [0.5, 0.6) is 5.75 Å². The van der Waals surface area contributed by atoms with Crippen LogP contribution in [0.3, 0.4) is 0 Å². The van der Waals surface area contributed by atoms with Crippen LogP contribution in [0.15, 0.2) is 67.3 Å². The highest BCUT2D eigenvalue weighted by Gasteiger charge is 2.12. The minimum absolute atomic E-state index is 0.235. The van der Waals surface area contributed by atoms with E-state index in [1.54, 1.807) is 13.2 Å². The van der Waals surface area contributed by atoms with Crippen molar-refractivity contribution < 1.29 is 14.3 Å². The maximum absolute atomic E-state index is 11.9. The SMILES string of the molecule is C=C[C@@H](NC(=O)OCc1ccccc1)c1ccc(OC)cc1. The van der Waals surface area contributed by atoms with Crippen molar-refractivity contribution in [2.24, 2.45) is 0 Å². The molecule has 0 unspecified atom stereocenters. The molecular formula is C18H19NO3. The number of methoxy groups -OCH3 is 1. The van der Waals surface area contributed by atoms with Crippen LogP contribution in [0, 0.1) is 0 Å². The smallest absolute Gasteiger partial charge is 0.408 e. The molecule has 0 heterocycles. The molecule has 4 heteroatoms. The molecule has 0 saturated carbocycles. The molecule has 22 heavy (non-hydrogen) atoms. The first-order valence-electron chi connectivity index (χ1n) is 6.96. The second-order valence-electron chi connectivity index (χ2n) is 4.69. The van der Waals surface area contributed by atoms with E-state index in [1.807, 2.05) is 54.6 Å². The van der Waals surface area contributed by atoms with Gasteiger partial charge in [0, 0.05) is 0 Å². The number of amides is 1. The molecule has 0 aliphatic heterocycles. The average molecular weight is 297 g/mol. The predicted octanol–water partition coefficient (Wildman–Crippen LogP) is 3.85. The van der Waals surface area contributed by atoms with Gasteiger partial charge in [0.15, 0.2) is 0 Å². The molecule has 2 aromatic carbocycles. The van der Waals surface area contributed by atoms with Gasteiger partial charge >= 0.3 is 6.09 Å². The molecule has 2 rings (SSSR count). The van der Waals surface area contributed by atoms with Crippen LogP contribution in [-0.4, -0.2) is 13.2 Å². The van der Waals surface area contributed by atoms with Gasteiger partial charge in [0.2, 0.25) is 0 Å². The molecule has 0 saturated heterocycles. The lowest BCUT2D eigenvalue weighted by molar-refractivity contribution is 0.137. The van der Waals surface area contributed by atoms with Crippen molar-refractivity contribution in [2.75, 3.05) is 7.11 Å². The summed E-state index contributed by atoms with van der Waals surface area (Å²) in [4.78, 5) is 11.9. The number of alkyl carbamates (subject to hydrolysis) is 1. The van der Waals surface area contributed by atoms with Gasteiger partial charge in [-0.25, -0.2) is 4.79 Å². The summed E-state index contributed by atoms with van der Waals surface area (Å²) in [5.74, 6) is 0.762. The Labute approximate surface area is 130 Å². The van der Waals surface area contributed by atoms with Crippen LogP contribution in [-0.2, 0) is 11.3 Å². The van der Waals surface area contributed by atoms with E-state index >= 15 is 0 Å². The second kappa shape index (κ2) is 7.88. The van der Waals surface area contributed by atoms with E-state index < -0.39 is 6.09 Å². The van der Waals surface area contributed by atoms with E-state index in [1.165, 1.54) is 0 Å². The molecule has 0 aromatic heterocycles. The molecule has 1 atom stereocenters. The first-order valence-corrected chi connectivity index (χ1v) is 6.96. The average Bonchev–Trinajstić information content (AvgIpc) is 2.59. The van der Waals surface area contributed by atoms with Gasteiger partial charge in [-0.2, -0.15) is 0 Å². The molecule has 1 N–H and O–H groups in total. The molecule has 0 aliphatic carbocycles. The van der Waals surface area contributed by atoms with Gasteiger partial charge in [-0.1, -0.05) is 48.5 Å². The van der Waals surface area contributed by atoms with E-state index in [9.17, 15) is 4.79 Å². The number of nitrogens with one attached hydrogen (secondary N) is 1. The van der Waals surface area contributed by atoms with Gasteiger partial charge in [0.05, 0.1) is 13.2 Å². The maximum Gasteiger partial charge on any atom is 0.408 e. The molecular weight excluding hydrogens is 278 g/mol. The van der Waals surface area contributed by atoms with Crippen LogP contribution in [0.25, 0.3) is 0 Å². The highest BCUT2D eigenvalue weighted by atomic mass is 16.5. The van der Waals surface area contributed by atoms with Crippen molar-refractivity contribution in [3.63, 3.8) is 0 Å². The molecule has 0 spiro atoms. The normalized spacial score (nSPS) is 11.3. The van der Waals surface area contributed by atoms with Crippen LogP contribution in [0.1, 0.15) is 17.2 Å². The van der Waals surface area contributed by atoms with Gasteiger partial charge < -0.3 is 14.8 Å². The molecule has 0 bridgehead atoms. The second-order valence-corrected chi connectivity index (χ2v) is 4.69. The third-order valence-electron chi connectivity index (χ3n) is 3.20. The van der Waals surface area contributed by atoms with Crippen molar-refractivity contribution in [3.8, 4) is 5.75 Å². The third-order valence-corrected chi connectivity index (χ3v) is 3.20. The summed E-state index contributed by atoms with van der Waals surface area (Å²) < 4.78 is 10.3. The van der Waals surface area contributed by atoms with Gasteiger partial charge in [-0.05, 0) is 23.3 Å². The Bertz CT molecular complexity index is 608. The molecule has 1 amide bonds. The number of hydrogen-bond donors (Lipinski definition) is 1. The first kappa shape index (κ1) is 15.6. The lowest BCUT2D eigenvalue weighted by atomic mass is 10.1. The summed E-state index contributed by atoms with van der Waals surface area (Å²) in [5.41, 5.74) is 1.85. The van der Waals surface area contributed by atoms with Crippen molar-refractivity contribution in [3.05, 3.63) is 78.4 Å². The van der Waals surface area contributed by atoms with E-state index in [2.05, 4.69) is 11.9 Å². The third kappa shape index (κ3) is 4.38. The standard InChI is InChI=1S/C18H19NO3/c1-3-17(15-9-11-16(21-2)12-10-15)19-18(20)22-13-14-7-5-4-6-8-14/h3-12,17H,1,13H2,2H3,(H,19,20)/t17-/m1/s1. The number of hydrogen-bond acceptors (Lipinski definition) is 3. The Morgan fingerprint density at radius 1 is 1.18 bits per heavy atom. The summed E-state index contributed by atoms with van der Waals surface area (Å²) in [6.45, 7) is 3.99. The summed E-state index contributed by atoms with van der Waals surface area (Å²) in [7, 11) is 1.61. The summed E-state index contributed by atoms with van der Waals surface area (Å²) in [5, 5.41) is 2.77. The fraction of sp³-hybridized carbons (Fsp3) is 0.167. The zero-order valence-electron chi connectivity index (χ0n) is 12.5. The monoisotopic (exact) mass is 297 g/mol. The van der Waals surface area contributed by atoms with Gasteiger partial charge in [-0.15, -0.1) is 6.58 Å². The van der Waals surface area contributed by atoms with Crippen molar-refractivity contribution in [2.45, 2.75) is 12.6 Å². The molecule has 2 aromatic rings. The van der Waals surface area contributed by atoms with Gasteiger partial charge in [0.25, 0.3) is 0 Å². The Hall–Kier alpha value is -2.75.